The van der Waals surface area contributed by atoms with E-state index in [4.69, 9.17) is 10.5 Å². The van der Waals surface area contributed by atoms with Crippen LogP contribution >= 0.6 is 11.9 Å². The van der Waals surface area contributed by atoms with Gasteiger partial charge in [0, 0.05) is 50.4 Å². The number of piperazine rings is 1. The molecule has 1 saturated heterocycles. The number of methoxy groups -OCH3 is 1. The van der Waals surface area contributed by atoms with Crippen LogP contribution in [0.25, 0.3) is 24.3 Å². The number of benzene rings is 3. The second-order valence-corrected chi connectivity index (χ2v) is 9.59. The molecular formula is C29H33N3OS. The fraction of sp³-hybridized carbons (Fsp3) is 0.241. The van der Waals surface area contributed by atoms with E-state index in [0.717, 1.165) is 50.6 Å². The van der Waals surface area contributed by atoms with E-state index < -0.39 is 0 Å². The molecular weight excluding hydrogens is 438 g/mol. The smallest absolute Gasteiger partial charge is 0.0589 e. The second kappa shape index (κ2) is 12.6. The molecule has 0 unspecified atom stereocenters. The highest BCUT2D eigenvalue weighted by atomic mass is 32.2. The van der Waals surface area contributed by atoms with E-state index in [2.05, 4.69) is 82.0 Å². The summed E-state index contributed by atoms with van der Waals surface area (Å²) in [5, 5.41) is 0. The number of anilines is 1. The average Bonchev–Trinajstić information content (AvgIpc) is 2.88. The number of nitrogens with zero attached hydrogens (tertiary/aromatic N) is 2. The quantitative estimate of drug-likeness (QED) is 0.240. The Bertz CT molecular complexity index is 1070. The normalized spacial score (nSPS) is 15.4. The SMILES string of the molecule is COCCN1CCN(Sc2ccc(/C=C/c3ccc(/C=C/c4ccc(N)cc4)cc3)cc2)CC1. The fourth-order valence-corrected chi connectivity index (χ4v) is 4.67. The van der Waals surface area contributed by atoms with Crippen LogP contribution in [0.15, 0.2) is 77.7 Å². The molecule has 176 valence electrons. The van der Waals surface area contributed by atoms with Gasteiger partial charge in [-0.05, 0) is 58.5 Å². The molecule has 0 spiro atoms. The molecule has 3 aromatic carbocycles. The van der Waals surface area contributed by atoms with Gasteiger partial charge in [0.2, 0.25) is 0 Å². The number of hydrogen-bond donors (Lipinski definition) is 1. The predicted octanol–water partition coefficient (Wildman–Crippen LogP) is 5.88. The van der Waals surface area contributed by atoms with Crippen molar-refractivity contribution in [3.8, 4) is 0 Å². The molecule has 0 radical (unpaired) electrons. The lowest BCUT2D eigenvalue weighted by molar-refractivity contribution is 0.125. The molecule has 1 fully saturated rings. The van der Waals surface area contributed by atoms with Gasteiger partial charge in [0.05, 0.1) is 6.61 Å². The maximum absolute atomic E-state index is 5.74. The summed E-state index contributed by atoms with van der Waals surface area (Å²) in [6.45, 7) is 6.22. The van der Waals surface area contributed by atoms with Crippen molar-refractivity contribution in [3.05, 3.63) is 95.1 Å². The van der Waals surface area contributed by atoms with Gasteiger partial charge < -0.3 is 10.5 Å². The summed E-state index contributed by atoms with van der Waals surface area (Å²) >= 11 is 1.86. The number of hydrogen-bond acceptors (Lipinski definition) is 5. The number of ether oxygens (including phenoxy) is 1. The first-order valence-electron chi connectivity index (χ1n) is 11.7. The van der Waals surface area contributed by atoms with Crippen molar-refractivity contribution in [1.82, 2.24) is 9.21 Å². The van der Waals surface area contributed by atoms with Crippen LogP contribution in [0.3, 0.4) is 0 Å². The number of rotatable bonds is 9. The van der Waals surface area contributed by atoms with E-state index in [1.807, 2.05) is 36.2 Å². The molecule has 2 N–H and O–H groups in total. The summed E-state index contributed by atoms with van der Waals surface area (Å²) in [5.74, 6) is 0. The summed E-state index contributed by atoms with van der Waals surface area (Å²) in [6, 6.07) is 25.3. The van der Waals surface area contributed by atoms with Crippen molar-refractivity contribution < 1.29 is 4.74 Å². The molecule has 3 aromatic rings. The van der Waals surface area contributed by atoms with Gasteiger partial charge in [0.15, 0.2) is 0 Å². The van der Waals surface area contributed by atoms with Gasteiger partial charge in [-0.25, -0.2) is 4.31 Å². The van der Waals surface area contributed by atoms with E-state index in [-0.39, 0.29) is 0 Å². The van der Waals surface area contributed by atoms with Crippen molar-refractivity contribution in [2.75, 3.05) is 52.2 Å². The third kappa shape index (κ3) is 7.61. The molecule has 0 aromatic heterocycles. The molecule has 0 aliphatic carbocycles. The third-order valence-corrected chi connectivity index (χ3v) is 6.97. The van der Waals surface area contributed by atoms with Crippen LogP contribution in [0.2, 0.25) is 0 Å². The Morgan fingerprint density at radius 3 is 1.62 bits per heavy atom. The average molecular weight is 472 g/mol. The molecule has 0 amide bonds. The van der Waals surface area contributed by atoms with Gasteiger partial charge in [-0.2, -0.15) is 0 Å². The number of nitrogens with two attached hydrogens (primary N) is 1. The minimum absolute atomic E-state index is 0.786. The zero-order valence-corrected chi connectivity index (χ0v) is 20.6. The first-order valence-corrected chi connectivity index (χ1v) is 12.5. The maximum Gasteiger partial charge on any atom is 0.0589 e. The predicted molar refractivity (Wildman–Crippen MR) is 147 cm³/mol. The lowest BCUT2D eigenvalue weighted by Crippen LogP contribution is -2.44. The molecule has 1 aliphatic heterocycles. The van der Waals surface area contributed by atoms with Gasteiger partial charge in [-0.15, -0.1) is 0 Å². The Labute approximate surface area is 207 Å². The van der Waals surface area contributed by atoms with Crippen molar-refractivity contribution in [3.63, 3.8) is 0 Å². The van der Waals surface area contributed by atoms with Gasteiger partial charge in [-0.1, -0.05) is 72.8 Å². The van der Waals surface area contributed by atoms with Gasteiger partial charge >= 0.3 is 0 Å². The van der Waals surface area contributed by atoms with E-state index in [1.54, 1.807) is 7.11 Å². The lowest BCUT2D eigenvalue weighted by Gasteiger charge is -2.33. The molecule has 0 saturated carbocycles. The van der Waals surface area contributed by atoms with Crippen LogP contribution in [-0.2, 0) is 4.74 Å². The summed E-state index contributed by atoms with van der Waals surface area (Å²) in [4.78, 5) is 3.76. The monoisotopic (exact) mass is 471 g/mol. The summed E-state index contributed by atoms with van der Waals surface area (Å²) in [6.07, 6.45) is 8.55. The molecule has 0 atom stereocenters. The minimum Gasteiger partial charge on any atom is -0.399 e. The maximum atomic E-state index is 5.74. The summed E-state index contributed by atoms with van der Waals surface area (Å²) < 4.78 is 7.64. The van der Waals surface area contributed by atoms with E-state index >= 15 is 0 Å². The topological polar surface area (TPSA) is 41.7 Å². The van der Waals surface area contributed by atoms with Crippen LogP contribution in [-0.4, -0.2) is 55.6 Å². The Hall–Kier alpha value is -2.83. The molecule has 1 aliphatic rings. The number of nitrogen functional groups attached to an aromatic ring is 1. The molecule has 1 heterocycles. The largest absolute Gasteiger partial charge is 0.399 e. The molecule has 4 rings (SSSR count). The van der Waals surface area contributed by atoms with E-state index in [0.29, 0.717) is 0 Å². The first kappa shape index (κ1) is 24.3. The highest BCUT2D eigenvalue weighted by Gasteiger charge is 2.17. The second-order valence-electron chi connectivity index (χ2n) is 8.42. The Morgan fingerprint density at radius 1 is 0.706 bits per heavy atom. The van der Waals surface area contributed by atoms with Crippen molar-refractivity contribution in [2.45, 2.75) is 4.90 Å². The molecule has 34 heavy (non-hydrogen) atoms. The standard InChI is InChI=1S/C29H33N3OS/c1-33-23-22-31-18-20-32(21-19-31)34-29-16-12-27(13-17-29)9-7-25-4-2-24(3-5-25)6-8-26-10-14-28(30)15-11-26/h2-17H,18-23,30H2,1H3/b8-6+,9-7+. The van der Waals surface area contributed by atoms with Crippen LogP contribution in [0.4, 0.5) is 5.69 Å². The highest BCUT2D eigenvalue weighted by molar-refractivity contribution is 7.97. The zero-order chi connectivity index (χ0) is 23.6. The molecule has 5 heteroatoms. The van der Waals surface area contributed by atoms with Crippen LogP contribution in [0.1, 0.15) is 22.3 Å². The first-order chi connectivity index (χ1) is 16.7. The summed E-state index contributed by atoms with van der Waals surface area (Å²) in [5.41, 5.74) is 11.2. The van der Waals surface area contributed by atoms with Crippen molar-refractivity contribution >= 4 is 41.9 Å². The van der Waals surface area contributed by atoms with Crippen LogP contribution < -0.4 is 5.73 Å². The Kier molecular flexibility index (Phi) is 8.99. The minimum atomic E-state index is 0.786. The third-order valence-electron chi connectivity index (χ3n) is 5.87. The van der Waals surface area contributed by atoms with Crippen LogP contribution in [0, 0.1) is 0 Å². The Balaban J connectivity index is 1.26. The van der Waals surface area contributed by atoms with Gasteiger partial charge in [0.25, 0.3) is 0 Å². The Morgan fingerprint density at radius 2 is 1.15 bits per heavy atom. The zero-order valence-electron chi connectivity index (χ0n) is 19.8. The van der Waals surface area contributed by atoms with E-state index in [9.17, 15) is 0 Å². The van der Waals surface area contributed by atoms with Crippen LogP contribution in [0.5, 0.6) is 0 Å². The molecule has 4 nitrogen and oxygen atoms in total. The fourth-order valence-electron chi connectivity index (χ4n) is 3.76. The van der Waals surface area contributed by atoms with Crippen molar-refractivity contribution in [1.29, 1.82) is 0 Å². The molecule has 0 bridgehead atoms. The lowest BCUT2D eigenvalue weighted by atomic mass is 10.1. The highest BCUT2D eigenvalue weighted by Crippen LogP contribution is 2.24. The van der Waals surface area contributed by atoms with Crippen molar-refractivity contribution in [2.24, 2.45) is 0 Å². The van der Waals surface area contributed by atoms with E-state index in [1.165, 1.54) is 21.6 Å². The van der Waals surface area contributed by atoms with Gasteiger partial charge in [0.1, 0.15) is 0 Å². The summed E-state index contributed by atoms with van der Waals surface area (Å²) in [7, 11) is 1.77. The van der Waals surface area contributed by atoms with Gasteiger partial charge in [-0.3, -0.25) is 4.90 Å².